The first-order chi connectivity index (χ1) is 7.67. The van der Waals surface area contributed by atoms with Gasteiger partial charge in [0, 0.05) is 6.08 Å². The fraction of sp³-hybridized carbons (Fsp3) is 0.250. The van der Waals surface area contributed by atoms with Crippen LogP contribution in [0, 0.1) is 5.82 Å². The zero-order valence-corrected chi connectivity index (χ0v) is 9.20. The lowest BCUT2D eigenvalue weighted by Gasteiger charge is -2.01. The maximum atomic E-state index is 13.2. The van der Waals surface area contributed by atoms with Crippen molar-refractivity contribution in [1.29, 1.82) is 0 Å². The molecule has 0 saturated carbocycles. The molecule has 1 rings (SSSR count). The van der Waals surface area contributed by atoms with Gasteiger partial charge in [-0.15, -0.1) is 0 Å². The molecule has 0 saturated heterocycles. The van der Waals surface area contributed by atoms with Gasteiger partial charge in [-0.1, -0.05) is 6.07 Å². The number of carbonyl (C=O) groups is 1. The van der Waals surface area contributed by atoms with Gasteiger partial charge in [-0.05, 0) is 30.7 Å². The van der Waals surface area contributed by atoms with Gasteiger partial charge in [0.2, 0.25) is 0 Å². The first-order valence-electron chi connectivity index (χ1n) is 4.85. The Hall–Kier alpha value is -1.84. The van der Waals surface area contributed by atoms with E-state index in [9.17, 15) is 9.18 Å². The molecule has 16 heavy (non-hydrogen) atoms. The van der Waals surface area contributed by atoms with Gasteiger partial charge in [0.25, 0.3) is 0 Å². The number of esters is 1. The summed E-state index contributed by atoms with van der Waals surface area (Å²) < 4.78 is 22.7. The zero-order chi connectivity index (χ0) is 12.0. The van der Waals surface area contributed by atoms with E-state index in [1.54, 1.807) is 13.0 Å². The van der Waals surface area contributed by atoms with Gasteiger partial charge in [-0.2, -0.15) is 0 Å². The van der Waals surface area contributed by atoms with Gasteiger partial charge < -0.3 is 9.47 Å². The summed E-state index contributed by atoms with van der Waals surface area (Å²) in [5.74, 6) is -0.736. The average Bonchev–Trinajstić information content (AvgIpc) is 2.27. The second kappa shape index (κ2) is 5.90. The molecule has 0 heterocycles. The summed E-state index contributed by atoms with van der Waals surface area (Å²) in [5.41, 5.74) is 0.575. The number of halogens is 1. The van der Waals surface area contributed by atoms with E-state index in [0.29, 0.717) is 12.2 Å². The number of methoxy groups -OCH3 is 1. The van der Waals surface area contributed by atoms with Crippen molar-refractivity contribution in [2.24, 2.45) is 0 Å². The highest BCUT2D eigenvalue weighted by Crippen LogP contribution is 2.18. The molecular formula is C12H13FO3. The summed E-state index contributed by atoms with van der Waals surface area (Å²) in [4.78, 5) is 11.0. The third-order valence-corrected chi connectivity index (χ3v) is 1.87. The van der Waals surface area contributed by atoms with Crippen LogP contribution < -0.4 is 4.74 Å². The van der Waals surface area contributed by atoms with Gasteiger partial charge in [0.15, 0.2) is 11.6 Å². The molecule has 0 radical (unpaired) electrons. The van der Waals surface area contributed by atoms with E-state index in [2.05, 4.69) is 0 Å². The van der Waals surface area contributed by atoms with Crippen LogP contribution in [-0.2, 0) is 9.53 Å². The maximum absolute atomic E-state index is 13.2. The van der Waals surface area contributed by atoms with Crippen molar-refractivity contribution >= 4 is 12.0 Å². The third kappa shape index (κ3) is 3.38. The van der Waals surface area contributed by atoms with E-state index in [4.69, 9.17) is 9.47 Å². The van der Waals surface area contributed by atoms with Crippen LogP contribution in [0.2, 0.25) is 0 Å². The topological polar surface area (TPSA) is 35.5 Å². The smallest absolute Gasteiger partial charge is 0.330 e. The lowest BCUT2D eigenvalue weighted by Crippen LogP contribution is -1.98. The molecule has 0 atom stereocenters. The van der Waals surface area contributed by atoms with Gasteiger partial charge in [-0.25, -0.2) is 9.18 Å². The summed E-state index contributed by atoms with van der Waals surface area (Å²) in [6.45, 7) is 2.04. The maximum Gasteiger partial charge on any atom is 0.330 e. The molecule has 1 aromatic carbocycles. The Kier molecular flexibility index (Phi) is 4.51. The molecule has 1 aromatic rings. The van der Waals surface area contributed by atoms with Gasteiger partial charge in [0.05, 0.1) is 13.7 Å². The molecule has 0 bridgehead atoms. The van der Waals surface area contributed by atoms with Gasteiger partial charge in [-0.3, -0.25) is 0 Å². The van der Waals surface area contributed by atoms with E-state index in [1.807, 2.05) is 0 Å². The predicted octanol–water partition coefficient (Wildman–Crippen LogP) is 2.41. The van der Waals surface area contributed by atoms with Crippen LogP contribution >= 0.6 is 0 Å². The van der Waals surface area contributed by atoms with E-state index in [1.165, 1.54) is 31.4 Å². The quantitative estimate of drug-likeness (QED) is 0.582. The standard InChI is InChI=1S/C12H13FO3/c1-3-16-12(14)7-5-9-4-6-11(15-2)10(13)8-9/h4-8H,3H2,1-2H3. The Balaban J connectivity index is 2.75. The van der Waals surface area contributed by atoms with Crippen LogP contribution in [0.15, 0.2) is 24.3 Å². The minimum atomic E-state index is -0.464. The molecule has 0 aliphatic carbocycles. The van der Waals surface area contributed by atoms with E-state index in [0.717, 1.165) is 0 Å². The number of hydrogen-bond donors (Lipinski definition) is 0. The highest BCUT2D eigenvalue weighted by molar-refractivity contribution is 5.87. The number of benzene rings is 1. The molecule has 0 aromatic heterocycles. The molecule has 86 valence electrons. The Morgan fingerprint density at radius 2 is 2.25 bits per heavy atom. The Morgan fingerprint density at radius 1 is 1.50 bits per heavy atom. The molecule has 4 heteroatoms. The summed E-state index contributed by atoms with van der Waals surface area (Å²) in [6.07, 6.45) is 2.74. The molecule has 0 N–H and O–H groups in total. The van der Waals surface area contributed by atoms with Crippen LogP contribution in [0.25, 0.3) is 6.08 Å². The molecule has 0 unspecified atom stereocenters. The second-order valence-electron chi connectivity index (χ2n) is 2.98. The summed E-state index contributed by atoms with van der Waals surface area (Å²) in [6, 6.07) is 4.44. The fourth-order valence-electron chi connectivity index (χ4n) is 1.14. The number of rotatable bonds is 4. The SMILES string of the molecule is CCOC(=O)C=Cc1ccc(OC)c(F)c1. The zero-order valence-electron chi connectivity index (χ0n) is 9.20. The molecule has 0 aliphatic heterocycles. The molecule has 0 spiro atoms. The lowest BCUT2D eigenvalue weighted by molar-refractivity contribution is -0.137. The average molecular weight is 224 g/mol. The highest BCUT2D eigenvalue weighted by atomic mass is 19.1. The third-order valence-electron chi connectivity index (χ3n) is 1.87. The lowest BCUT2D eigenvalue weighted by atomic mass is 10.2. The number of ether oxygens (including phenoxy) is 2. The van der Waals surface area contributed by atoms with Crippen LogP contribution in [-0.4, -0.2) is 19.7 Å². The van der Waals surface area contributed by atoms with Crippen molar-refractivity contribution in [3.63, 3.8) is 0 Å². The summed E-state index contributed by atoms with van der Waals surface area (Å²) in [7, 11) is 1.40. The first kappa shape index (κ1) is 12.2. The van der Waals surface area contributed by atoms with Crippen LogP contribution in [0.1, 0.15) is 12.5 Å². The Morgan fingerprint density at radius 3 is 2.81 bits per heavy atom. The van der Waals surface area contributed by atoms with Crippen molar-refractivity contribution in [2.75, 3.05) is 13.7 Å². The van der Waals surface area contributed by atoms with Gasteiger partial charge >= 0.3 is 5.97 Å². The van der Waals surface area contributed by atoms with Crippen molar-refractivity contribution in [3.8, 4) is 5.75 Å². The Labute approximate surface area is 93.5 Å². The second-order valence-corrected chi connectivity index (χ2v) is 2.98. The normalized spacial score (nSPS) is 10.4. The van der Waals surface area contributed by atoms with E-state index in [-0.39, 0.29) is 5.75 Å². The minimum absolute atomic E-state index is 0.174. The summed E-state index contributed by atoms with van der Waals surface area (Å²) >= 11 is 0. The van der Waals surface area contributed by atoms with Crippen molar-refractivity contribution in [1.82, 2.24) is 0 Å². The predicted molar refractivity (Wildman–Crippen MR) is 58.6 cm³/mol. The summed E-state index contributed by atoms with van der Waals surface area (Å²) in [5, 5.41) is 0. The molecule has 0 fully saturated rings. The first-order valence-corrected chi connectivity index (χ1v) is 4.85. The van der Waals surface area contributed by atoms with Crippen LogP contribution in [0.4, 0.5) is 4.39 Å². The van der Waals surface area contributed by atoms with Crippen LogP contribution in [0.5, 0.6) is 5.75 Å². The van der Waals surface area contributed by atoms with E-state index < -0.39 is 11.8 Å². The molecular weight excluding hydrogens is 211 g/mol. The number of hydrogen-bond acceptors (Lipinski definition) is 3. The monoisotopic (exact) mass is 224 g/mol. The fourth-order valence-corrected chi connectivity index (χ4v) is 1.14. The van der Waals surface area contributed by atoms with Crippen molar-refractivity contribution in [3.05, 3.63) is 35.7 Å². The Bertz CT molecular complexity index is 399. The largest absolute Gasteiger partial charge is 0.494 e. The highest BCUT2D eigenvalue weighted by Gasteiger charge is 2.01. The molecule has 3 nitrogen and oxygen atoms in total. The van der Waals surface area contributed by atoms with E-state index >= 15 is 0 Å². The van der Waals surface area contributed by atoms with Crippen molar-refractivity contribution < 1.29 is 18.7 Å². The van der Waals surface area contributed by atoms with Crippen molar-refractivity contribution in [2.45, 2.75) is 6.92 Å². The van der Waals surface area contributed by atoms with Crippen LogP contribution in [0.3, 0.4) is 0 Å². The minimum Gasteiger partial charge on any atom is -0.494 e. The molecule has 0 aliphatic rings. The molecule has 0 amide bonds. The number of carbonyl (C=O) groups excluding carboxylic acids is 1. The van der Waals surface area contributed by atoms with Gasteiger partial charge in [0.1, 0.15) is 0 Å².